The van der Waals surface area contributed by atoms with Crippen LogP contribution in [0.25, 0.3) is 0 Å². The van der Waals surface area contributed by atoms with Gasteiger partial charge in [-0.05, 0) is 48.5 Å². The molecule has 90 valence electrons. The van der Waals surface area contributed by atoms with Crippen LogP contribution in [-0.2, 0) is 6.54 Å². The van der Waals surface area contributed by atoms with Gasteiger partial charge in [-0.3, -0.25) is 4.90 Å². The van der Waals surface area contributed by atoms with E-state index in [0.29, 0.717) is 6.54 Å². The van der Waals surface area contributed by atoms with Crippen molar-refractivity contribution in [2.24, 2.45) is 0 Å². The van der Waals surface area contributed by atoms with Crippen LogP contribution >= 0.6 is 15.9 Å². The van der Waals surface area contributed by atoms with Crippen molar-refractivity contribution in [3.8, 4) is 0 Å². The summed E-state index contributed by atoms with van der Waals surface area (Å²) < 4.78 is 0.942. The fraction of sp³-hybridized carbons (Fsp3) is 0.500. The molecule has 0 aliphatic heterocycles. The Morgan fingerprint density at radius 3 is 2.62 bits per heavy atom. The molecule has 0 saturated carbocycles. The molecule has 0 heterocycles. The van der Waals surface area contributed by atoms with Crippen molar-refractivity contribution >= 4 is 21.6 Å². The smallest absolute Gasteiger partial charge is 0.0718 e. The van der Waals surface area contributed by atoms with Crippen molar-refractivity contribution in [2.45, 2.75) is 26.0 Å². The molecule has 0 bridgehead atoms. The molecule has 0 atom stereocenters. The number of rotatable bonds is 4. The number of nitrogens with zero attached hydrogens (tertiary/aromatic N) is 1. The Kier molecular flexibility index (Phi) is 4.35. The number of benzene rings is 1. The Morgan fingerprint density at radius 1 is 1.44 bits per heavy atom. The van der Waals surface area contributed by atoms with Crippen molar-refractivity contribution in [3.63, 3.8) is 0 Å². The van der Waals surface area contributed by atoms with Gasteiger partial charge in [0, 0.05) is 23.2 Å². The van der Waals surface area contributed by atoms with E-state index in [1.165, 1.54) is 0 Å². The summed E-state index contributed by atoms with van der Waals surface area (Å²) in [5, 5.41) is 9.71. The zero-order valence-electron chi connectivity index (χ0n) is 10.00. The summed E-state index contributed by atoms with van der Waals surface area (Å²) in [7, 11) is 1.98. The van der Waals surface area contributed by atoms with E-state index in [-0.39, 0.29) is 0 Å². The second-order valence-corrected chi connectivity index (χ2v) is 5.60. The van der Waals surface area contributed by atoms with Gasteiger partial charge in [0.1, 0.15) is 0 Å². The first-order chi connectivity index (χ1) is 7.29. The summed E-state index contributed by atoms with van der Waals surface area (Å²) in [6.07, 6.45) is 0. The number of aliphatic hydroxyl groups is 1. The number of hydrogen-bond donors (Lipinski definition) is 2. The average Bonchev–Trinajstić information content (AvgIpc) is 2.09. The molecule has 1 rings (SSSR count). The zero-order chi connectivity index (χ0) is 12.3. The molecule has 3 N–H and O–H groups in total. The van der Waals surface area contributed by atoms with Crippen molar-refractivity contribution < 1.29 is 5.11 Å². The third-order valence-electron chi connectivity index (χ3n) is 2.21. The number of halogens is 1. The van der Waals surface area contributed by atoms with Crippen LogP contribution in [0.15, 0.2) is 22.7 Å². The van der Waals surface area contributed by atoms with Gasteiger partial charge in [-0.15, -0.1) is 0 Å². The van der Waals surface area contributed by atoms with E-state index in [0.717, 1.165) is 22.3 Å². The molecule has 0 spiro atoms. The number of nitrogens with two attached hydrogens (primary N) is 1. The highest BCUT2D eigenvalue weighted by molar-refractivity contribution is 9.10. The van der Waals surface area contributed by atoms with Gasteiger partial charge in [-0.2, -0.15) is 0 Å². The number of hydrogen-bond acceptors (Lipinski definition) is 3. The highest BCUT2D eigenvalue weighted by Crippen LogP contribution is 2.24. The molecule has 1 aromatic carbocycles. The van der Waals surface area contributed by atoms with Crippen LogP contribution < -0.4 is 5.73 Å². The van der Waals surface area contributed by atoms with E-state index in [1.807, 2.05) is 25.2 Å². The van der Waals surface area contributed by atoms with Crippen LogP contribution in [0.4, 0.5) is 5.69 Å². The van der Waals surface area contributed by atoms with Gasteiger partial charge in [0.2, 0.25) is 0 Å². The minimum Gasteiger partial charge on any atom is -0.398 e. The summed E-state index contributed by atoms with van der Waals surface area (Å²) >= 11 is 3.47. The molecule has 3 nitrogen and oxygen atoms in total. The van der Waals surface area contributed by atoms with Gasteiger partial charge in [0.05, 0.1) is 5.60 Å². The van der Waals surface area contributed by atoms with Gasteiger partial charge in [-0.25, -0.2) is 0 Å². The lowest BCUT2D eigenvalue weighted by Crippen LogP contribution is -2.35. The Balaban J connectivity index is 2.70. The Bertz CT molecular complexity index is 361. The van der Waals surface area contributed by atoms with Crippen LogP contribution in [0, 0.1) is 0 Å². The van der Waals surface area contributed by atoms with Crippen molar-refractivity contribution in [1.82, 2.24) is 4.90 Å². The molecule has 0 aromatic heterocycles. The highest BCUT2D eigenvalue weighted by Gasteiger charge is 2.16. The summed E-state index contributed by atoms with van der Waals surface area (Å²) in [6.45, 7) is 4.99. The molecule has 0 aliphatic rings. The van der Waals surface area contributed by atoms with Crippen LogP contribution in [0.1, 0.15) is 19.4 Å². The second-order valence-electron chi connectivity index (χ2n) is 4.81. The predicted molar refractivity (Wildman–Crippen MR) is 71.2 cm³/mol. The average molecular weight is 287 g/mol. The first kappa shape index (κ1) is 13.5. The molecule has 16 heavy (non-hydrogen) atoms. The minimum absolute atomic E-state index is 0.619. The highest BCUT2D eigenvalue weighted by atomic mass is 79.9. The maximum absolute atomic E-state index is 9.71. The van der Waals surface area contributed by atoms with Crippen molar-refractivity contribution in [3.05, 3.63) is 28.2 Å². The molecule has 0 saturated heterocycles. The topological polar surface area (TPSA) is 49.5 Å². The van der Waals surface area contributed by atoms with Gasteiger partial charge < -0.3 is 10.8 Å². The van der Waals surface area contributed by atoms with Crippen LogP contribution in [0.3, 0.4) is 0 Å². The maximum Gasteiger partial charge on any atom is 0.0718 e. The third kappa shape index (κ3) is 4.12. The molecule has 4 heteroatoms. The molecular weight excluding hydrogens is 268 g/mol. The molecule has 0 radical (unpaired) electrons. The van der Waals surface area contributed by atoms with Crippen LogP contribution in [-0.4, -0.2) is 29.2 Å². The largest absolute Gasteiger partial charge is 0.398 e. The lowest BCUT2D eigenvalue weighted by Gasteiger charge is -2.25. The monoisotopic (exact) mass is 286 g/mol. The predicted octanol–water partition coefficient (Wildman–Crippen LogP) is 2.23. The molecule has 1 aromatic rings. The van der Waals surface area contributed by atoms with E-state index in [2.05, 4.69) is 20.8 Å². The van der Waals surface area contributed by atoms with E-state index in [9.17, 15) is 5.11 Å². The van der Waals surface area contributed by atoms with E-state index >= 15 is 0 Å². The van der Waals surface area contributed by atoms with E-state index < -0.39 is 5.60 Å². The Labute approximate surface area is 105 Å². The number of likely N-dealkylation sites (N-methyl/N-ethyl adjacent to an activating group) is 1. The fourth-order valence-corrected chi connectivity index (χ4v) is 2.12. The normalized spacial score (nSPS) is 12.1. The van der Waals surface area contributed by atoms with Crippen LogP contribution in [0.2, 0.25) is 0 Å². The summed E-state index contributed by atoms with van der Waals surface area (Å²) in [5.41, 5.74) is 7.01. The fourth-order valence-electron chi connectivity index (χ4n) is 1.73. The maximum atomic E-state index is 9.71. The zero-order valence-corrected chi connectivity index (χ0v) is 11.6. The second kappa shape index (κ2) is 5.17. The quantitative estimate of drug-likeness (QED) is 0.835. The summed E-state index contributed by atoms with van der Waals surface area (Å²) in [4.78, 5) is 2.07. The van der Waals surface area contributed by atoms with Crippen molar-refractivity contribution in [1.29, 1.82) is 0 Å². The van der Waals surface area contributed by atoms with Gasteiger partial charge >= 0.3 is 0 Å². The van der Waals surface area contributed by atoms with Gasteiger partial charge in [-0.1, -0.05) is 12.1 Å². The van der Waals surface area contributed by atoms with E-state index in [4.69, 9.17) is 5.73 Å². The first-order valence-corrected chi connectivity index (χ1v) is 6.03. The molecule has 0 fully saturated rings. The lowest BCUT2D eigenvalue weighted by molar-refractivity contribution is 0.0424. The Hall–Kier alpha value is -0.580. The van der Waals surface area contributed by atoms with Gasteiger partial charge in [0.25, 0.3) is 0 Å². The van der Waals surface area contributed by atoms with E-state index in [1.54, 1.807) is 13.8 Å². The van der Waals surface area contributed by atoms with Crippen molar-refractivity contribution in [2.75, 3.05) is 19.3 Å². The number of nitrogen functional groups attached to an aromatic ring is 1. The summed E-state index contributed by atoms with van der Waals surface area (Å²) in [6, 6.07) is 5.83. The molecule has 0 aliphatic carbocycles. The third-order valence-corrected chi connectivity index (χ3v) is 3.17. The molecule has 0 amide bonds. The van der Waals surface area contributed by atoms with Crippen LogP contribution in [0.5, 0.6) is 0 Å². The SMILES string of the molecule is CN(Cc1cccc(N)c1Br)CC(C)(C)O. The first-order valence-electron chi connectivity index (χ1n) is 5.23. The minimum atomic E-state index is -0.679. The molecular formula is C12H19BrN2O. The standard InChI is InChI=1S/C12H19BrN2O/c1-12(2,16)8-15(3)7-9-5-4-6-10(14)11(9)13/h4-6,16H,7-8,14H2,1-3H3. The van der Waals surface area contributed by atoms with Gasteiger partial charge in [0.15, 0.2) is 0 Å². The Morgan fingerprint density at radius 2 is 2.06 bits per heavy atom. The molecule has 0 unspecified atom stereocenters. The number of anilines is 1. The lowest BCUT2D eigenvalue weighted by atomic mass is 10.1. The summed E-state index contributed by atoms with van der Waals surface area (Å²) in [5.74, 6) is 0.